The SMILES string of the molecule is CCCN(CCN1CC(c2ccc3c(c2)OCO3)[C@H](C(=O)O)[C@H]1c1ccc(OC)cc1)C(=O)OCc1ccc(OC)cc1. The fourth-order valence-corrected chi connectivity index (χ4v) is 5.91. The van der Waals surface area contributed by atoms with Gasteiger partial charge < -0.3 is 33.7 Å². The normalized spacial score (nSPS) is 19.2. The zero-order valence-electron chi connectivity index (χ0n) is 24.7. The molecule has 2 aliphatic rings. The van der Waals surface area contributed by atoms with Crippen LogP contribution in [-0.2, 0) is 16.1 Å². The fourth-order valence-electron chi connectivity index (χ4n) is 5.91. The van der Waals surface area contributed by atoms with E-state index < -0.39 is 24.0 Å². The zero-order valence-corrected chi connectivity index (χ0v) is 24.7. The van der Waals surface area contributed by atoms with Crippen molar-refractivity contribution >= 4 is 12.1 Å². The predicted octanol–water partition coefficient (Wildman–Crippen LogP) is 5.32. The van der Waals surface area contributed by atoms with E-state index in [0.29, 0.717) is 43.4 Å². The van der Waals surface area contributed by atoms with Crippen LogP contribution in [-0.4, -0.2) is 74.2 Å². The molecule has 3 aromatic carbocycles. The van der Waals surface area contributed by atoms with Crippen LogP contribution in [0.5, 0.6) is 23.0 Å². The topological polar surface area (TPSA) is 107 Å². The maximum absolute atomic E-state index is 13.1. The molecule has 10 nitrogen and oxygen atoms in total. The Kier molecular flexibility index (Phi) is 9.56. The predicted molar refractivity (Wildman–Crippen MR) is 159 cm³/mol. The Balaban J connectivity index is 1.36. The van der Waals surface area contributed by atoms with Crippen molar-refractivity contribution in [3.05, 3.63) is 83.4 Å². The number of ether oxygens (including phenoxy) is 5. The number of fused-ring (bicyclic) bond motifs is 1. The number of amides is 1. The van der Waals surface area contributed by atoms with E-state index in [1.807, 2.05) is 73.7 Å². The van der Waals surface area contributed by atoms with Crippen LogP contribution >= 0.6 is 0 Å². The van der Waals surface area contributed by atoms with E-state index in [-0.39, 0.29) is 19.3 Å². The fraction of sp³-hybridized carbons (Fsp3) is 0.394. The van der Waals surface area contributed by atoms with Gasteiger partial charge in [0.05, 0.1) is 20.1 Å². The number of hydrogen-bond donors (Lipinski definition) is 1. The van der Waals surface area contributed by atoms with Gasteiger partial charge in [0, 0.05) is 38.1 Å². The minimum absolute atomic E-state index is 0.147. The number of aliphatic carboxylic acids is 1. The molecule has 2 heterocycles. The Bertz CT molecular complexity index is 1400. The molecule has 0 bridgehead atoms. The van der Waals surface area contributed by atoms with Crippen LogP contribution in [0.4, 0.5) is 4.79 Å². The van der Waals surface area contributed by atoms with E-state index in [1.54, 1.807) is 19.1 Å². The summed E-state index contributed by atoms with van der Waals surface area (Å²) >= 11 is 0. The first-order valence-electron chi connectivity index (χ1n) is 14.5. The molecule has 0 radical (unpaired) electrons. The van der Waals surface area contributed by atoms with Gasteiger partial charge >= 0.3 is 12.1 Å². The van der Waals surface area contributed by atoms with Crippen molar-refractivity contribution in [2.24, 2.45) is 5.92 Å². The summed E-state index contributed by atoms with van der Waals surface area (Å²) in [7, 11) is 3.20. The van der Waals surface area contributed by atoms with Crippen molar-refractivity contribution in [1.29, 1.82) is 0 Å². The highest BCUT2D eigenvalue weighted by Crippen LogP contribution is 2.47. The minimum atomic E-state index is -0.879. The number of rotatable bonds is 12. The Morgan fingerprint density at radius 1 is 0.907 bits per heavy atom. The number of carboxylic acids is 1. The average Bonchev–Trinajstić information content (AvgIpc) is 3.67. The highest BCUT2D eigenvalue weighted by atomic mass is 16.7. The van der Waals surface area contributed by atoms with Crippen molar-refractivity contribution in [1.82, 2.24) is 9.80 Å². The maximum Gasteiger partial charge on any atom is 0.410 e. The molecule has 0 saturated carbocycles. The number of carboxylic acid groups (broad SMARTS) is 1. The van der Waals surface area contributed by atoms with E-state index in [1.165, 1.54) is 0 Å². The molecule has 3 aromatic rings. The van der Waals surface area contributed by atoms with Gasteiger partial charge in [0.25, 0.3) is 0 Å². The lowest BCUT2D eigenvalue weighted by Gasteiger charge is -2.30. The number of carbonyl (C=O) groups excluding carboxylic acids is 1. The Hall–Kier alpha value is -4.44. The highest BCUT2D eigenvalue weighted by molar-refractivity contribution is 5.74. The van der Waals surface area contributed by atoms with Gasteiger partial charge in [-0.3, -0.25) is 9.69 Å². The molecule has 1 saturated heterocycles. The van der Waals surface area contributed by atoms with Crippen LogP contribution in [0, 0.1) is 5.92 Å². The molecule has 43 heavy (non-hydrogen) atoms. The van der Waals surface area contributed by atoms with Crippen LogP contribution in [0.2, 0.25) is 0 Å². The maximum atomic E-state index is 13.1. The van der Waals surface area contributed by atoms with Gasteiger partial charge in [-0.2, -0.15) is 0 Å². The number of hydrogen-bond acceptors (Lipinski definition) is 8. The summed E-state index contributed by atoms with van der Waals surface area (Å²) in [6.45, 7) is 4.19. The number of likely N-dealkylation sites (tertiary alicyclic amines) is 1. The molecule has 10 heteroatoms. The zero-order chi connectivity index (χ0) is 30.3. The smallest absolute Gasteiger partial charge is 0.410 e. The largest absolute Gasteiger partial charge is 0.497 e. The summed E-state index contributed by atoms with van der Waals surface area (Å²) in [6, 6.07) is 20.1. The summed E-state index contributed by atoms with van der Waals surface area (Å²) in [5.41, 5.74) is 2.61. The first-order chi connectivity index (χ1) is 20.9. The Labute approximate surface area is 251 Å². The number of carbonyl (C=O) groups is 2. The lowest BCUT2D eigenvalue weighted by Crippen LogP contribution is -2.40. The summed E-state index contributed by atoms with van der Waals surface area (Å²) in [5.74, 6) is 0.793. The van der Waals surface area contributed by atoms with Gasteiger partial charge in [-0.1, -0.05) is 37.3 Å². The lowest BCUT2D eigenvalue weighted by atomic mass is 9.82. The van der Waals surface area contributed by atoms with Crippen LogP contribution in [0.15, 0.2) is 66.7 Å². The minimum Gasteiger partial charge on any atom is -0.497 e. The second-order valence-corrected chi connectivity index (χ2v) is 10.7. The molecule has 3 atom stereocenters. The number of methoxy groups -OCH3 is 2. The molecular weight excluding hydrogens is 552 g/mol. The highest BCUT2D eigenvalue weighted by Gasteiger charge is 2.47. The molecule has 228 valence electrons. The summed E-state index contributed by atoms with van der Waals surface area (Å²) < 4.78 is 27.3. The van der Waals surface area contributed by atoms with Gasteiger partial charge in [0.2, 0.25) is 6.79 Å². The van der Waals surface area contributed by atoms with Crippen LogP contribution in [0.1, 0.15) is 42.0 Å². The van der Waals surface area contributed by atoms with Gasteiger partial charge in [-0.25, -0.2) is 4.79 Å². The molecule has 1 N–H and O–H groups in total. The average molecular weight is 591 g/mol. The molecule has 2 aliphatic heterocycles. The monoisotopic (exact) mass is 590 g/mol. The van der Waals surface area contributed by atoms with Gasteiger partial charge in [-0.15, -0.1) is 0 Å². The van der Waals surface area contributed by atoms with E-state index in [4.69, 9.17) is 23.7 Å². The molecule has 0 aliphatic carbocycles. The van der Waals surface area contributed by atoms with E-state index in [0.717, 1.165) is 28.9 Å². The molecule has 0 aromatic heterocycles. The molecule has 0 spiro atoms. The van der Waals surface area contributed by atoms with Gasteiger partial charge in [-0.05, 0) is 59.5 Å². The molecule has 1 amide bonds. The Morgan fingerprint density at radius 2 is 1.56 bits per heavy atom. The standard InChI is InChI=1S/C33H38N2O8/c1-4-15-34(33(38)41-20-22-5-10-25(39-2)11-6-22)16-17-35-19-27(24-9-14-28-29(18-24)43-21-42-28)30(32(36)37)31(35)23-7-12-26(40-3)13-8-23/h5-14,18,27,30-31H,4,15-17,19-21H2,1-3H3,(H,36,37)/t27?,30-,31+/m0/s1. The van der Waals surface area contributed by atoms with Crippen molar-refractivity contribution in [3.63, 3.8) is 0 Å². The summed E-state index contributed by atoms with van der Waals surface area (Å²) in [5, 5.41) is 10.6. The second-order valence-electron chi connectivity index (χ2n) is 10.7. The van der Waals surface area contributed by atoms with Crippen molar-refractivity contribution in [2.45, 2.75) is 31.9 Å². The molecule has 5 rings (SSSR count). The lowest BCUT2D eigenvalue weighted by molar-refractivity contribution is -0.143. The quantitative estimate of drug-likeness (QED) is 0.300. The van der Waals surface area contributed by atoms with Crippen LogP contribution in [0.25, 0.3) is 0 Å². The number of benzene rings is 3. The van der Waals surface area contributed by atoms with E-state index in [2.05, 4.69) is 4.90 Å². The summed E-state index contributed by atoms with van der Waals surface area (Å²) in [6.07, 6.45) is 0.358. The first-order valence-corrected chi connectivity index (χ1v) is 14.5. The van der Waals surface area contributed by atoms with Crippen molar-refractivity contribution in [3.8, 4) is 23.0 Å². The Morgan fingerprint density at radius 3 is 2.21 bits per heavy atom. The third-order valence-electron chi connectivity index (χ3n) is 8.10. The van der Waals surface area contributed by atoms with Crippen LogP contribution in [0.3, 0.4) is 0 Å². The van der Waals surface area contributed by atoms with Crippen molar-refractivity contribution < 1.29 is 38.4 Å². The number of nitrogens with zero attached hydrogens (tertiary/aromatic N) is 2. The first kappa shape index (κ1) is 30.0. The van der Waals surface area contributed by atoms with Gasteiger partial charge in [0.15, 0.2) is 11.5 Å². The van der Waals surface area contributed by atoms with E-state index >= 15 is 0 Å². The van der Waals surface area contributed by atoms with Crippen LogP contribution < -0.4 is 18.9 Å². The summed E-state index contributed by atoms with van der Waals surface area (Å²) in [4.78, 5) is 29.9. The molecule has 1 unspecified atom stereocenters. The van der Waals surface area contributed by atoms with Gasteiger partial charge in [0.1, 0.15) is 18.1 Å². The molecular formula is C33H38N2O8. The third-order valence-corrected chi connectivity index (χ3v) is 8.10. The third kappa shape index (κ3) is 6.80. The molecule has 1 fully saturated rings. The van der Waals surface area contributed by atoms with Crippen molar-refractivity contribution in [2.75, 3.05) is 47.2 Å². The second kappa shape index (κ2) is 13.7. The van der Waals surface area contributed by atoms with E-state index in [9.17, 15) is 14.7 Å².